The van der Waals surface area contributed by atoms with Crippen molar-refractivity contribution in [3.63, 3.8) is 0 Å². The molecule has 3 heteroatoms. The van der Waals surface area contributed by atoms with Crippen LogP contribution in [-0.2, 0) is 13.6 Å². The number of hydrogen-bond donors (Lipinski definition) is 0. The van der Waals surface area contributed by atoms with Crippen molar-refractivity contribution in [2.75, 3.05) is 7.05 Å². The Labute approximate surface area is 66.6 Å². The van der Waals surface area contributed by atoms with Crippen LogP contribution in [0, 0.1) is 0 Å². The molecule has 1 atom stereocenters. The lowest BCUT2D eigenvalue weighted by Gasteiger charge is -2.15. The van der Waals surface area contributed by atoms with Crippen LogP contribution in [-0.4, -0.2) is 21.7 Å². The second-order valence-electron chi connectivity index (χ2n) is 3.27. The monoisotopic (exact) mass is 151 g/mol. The molecule has 1 aliphatic rings. The van der Waals surface area contributed by atoms with Gasteiger partial charge in [0, 0.05) is 25.2 Å². The molecule has 0 saturated heterocycles. The van der Waals surface area contributed by atoms with E-state index in [9.17, 15) is 0 Å². The van der Waals surface area contributed by atoms with Gasteiger partial charge in [-0.2, -0.15) is 5.10 Å². The predicted octanol–water partition coefficient (Wildman–Crippen LogP) is 0.927. The maximum atomic E-state index is 4.21. The molecule has 2 heterocycles. The Balaban J connectivity index is 2.49. The summed E-state index contributed by atoms with van der Waals surface area (Å²) in [5, 5.41) is 4.21. The summed E-state index contributed by atoms with van der Waals surface area (Å²) in [6.07, 6.45) is 1.97. The quantitative estimate of drug-likeness (QED) is 0.550. The normalized spacial score (nSPS) is 24.1. The summed E-state index contributed by atoms with van der Waals surface area (Å²) in [4.78, 5) is 2.33. The van der Waals surface area contributed by atoms with E-state index in [1.54, 1.807) is 0 Å². The highest BCUT2D eigenvalue weighted by Gasteiger charge is 2.26. The second-order valence-corrected chi connectivity index (χ2v) is 3.27. The fraction of sp³-hybridized carbons (Fsp3) is 0.625. The topological polar surface area (TPSA) is 21.1 Å². The van der Waals surface area contributed by atoms with Crippen molar-refractivity contribution in [1.29, 1.82) is 0 Å². The zero-order valence-corrected chi connectivity index (χ0v) is 7.20. The van der Waals surface area contributed by atoms with E-state index >= 15 is 0 Å². The van der Waals surface area contributed by atoms with Crippen molar-refractivity contribution < 1.29 is 0 Å². The Hall–Kier alpha value is -0.830. The SMILES string of the molecule is C[C@@H]1c2c(cnn2C)CN1C. The highest BCUT2D eigenvalue weighted by Crippen LogP contribution is 2.30. The molecule has 60 valence electrons. The Morgan fingerprint density at radius 1 is 1.55 bits per heavy atom. The van der Waals surface area contributed by atoms with Crippen LogP contribution >= 0.6 is 0 Å². The Kier molecular flexibility index (Phi) is 1.29. The summed E-state index contributed by atoms with van der Waals surface area (Å²) in [7, 11) is 4.15. The lowest BCUT2D eigenvalue weighted by Crippen LogP contribution is -2.15. The molecule has 0 aromatic carbocycles. The van der Waals surface area contributed by atoms with Crippen LogP contribution in [0.2, 0.25) is 0 Å². The van der Waals surface area contributed by atoms with Gasteiger partial charge in [0.2, 0.25) is 0 Å². The van der Waals surface area contributed by atoms with Gasteiger partial charge in [0.25, 0.3) is 0 Å². The molecule has 0 amide bonds. The molecule has 2 rings (SSSR count). The van der Waals surface area contributed by atoms with Crippen molar-refractivity contribution in [3.8, 4) is 0 Å². The van der Waals surface area contributed by atoms with Crippen LogP contribution in [0.4, 0.5) is 0 Å². The molecule has 0 bridgehead atoms. The van der Waals surface area contributed by atoms with Gasteiger partial charge < -0.3 is 0 Å². The predicted molar refractivity (Wildman–Crippen MR) is 43.1 cm³/mol. The van der Waals surface area contributed by atoms with E-state index in [0.717, 1.165) is 6.54 Å². The molecular weight excluding hydrogens is 138 g/mol. The number of fused-ring (bicyclic) bond motifs is 1. The molecule has 0 N–H and O–H groups in total. The van der Waals surface area contributed by atoms with Crippen LogP contribution in [0.15, 0.2) is 6.20 Å². The van der Waals surface area contributed by atoms with Gasteiger partial charge >= 0.3 is 0 Å². The molecule has 0 saturated carbocycles. The first-order valence-electron chi connectivity index (χ1n) is 3.91. The number of aromatic nitrogens is 2. The smallest absolute Gasteiger partial charge is 0.0594 e. The third-order valence-corrected chi connectivity index (χ3v) is 2.54. The zero-order valence-electron chi connectivity index (χ0n) is 7.20. The van der Waals surface area contributed by atoms with E-state index < -0.39 is 0 Å². The fourth-order valence-corrected chi connectivity index (χ4v) is 1.77. The average molecular weight is 151 g/mol. The van der Waals surface area contributed by atoms with Gasteiger partial charge in [-0.25, -0.2) is 0 Å². The molecule has 3 nitrogen and oxygen atoms in total. The van der Waals surface area contributed by atoms with E-state index in [2.05, 4.69) is 24.0 Å². The number of aryl methyl sites for hydroxylation is 1. The first kappa shape index (κ1) is 6.85. The largest absolute Gasteiger partial charge is 0.294 e. The Morgan fingerprint density at radius 2 is 2.27 bits per heavy atom. The molecule has 0 unspecified atom stereocenters. The van der Waals surface area contributed by atoms with Crippen LogP contribution in [0.3, 0.4) is 0 Å². The zero-order chi connectivity index (χ0) is 8.01. The first-order valence-corrected chi connectivity index (χ1v) is 3.91. The average Bonchev–Trinajstić information content (AvgIpc) is 2.41. The number of hydrogen-bond acceptors (Lipinski definition) is 2. The van der Waals surface area contributed by atoms with Crippen LogP contribution < -0.4 is 0 Å². The van der Waals surface area contributed by atoms with Gasteiger partial charge in [0.05, 0.1) is 11.9 Å². The van der Waals surface area contributed by atoms with Crippen molar-refractivity contribution in [3.05, 3.63) is 17.5 Å². The molecule has 1 aliphatic heterocycles. The summed E-state index contributed by atoms with van der Waals surface area (Å²) in [5.41, 5.74) is 2.75. The van der Waals surface area contributed by atoms with Crippen molar-refractivity contribution in [1.82, 2.24) is 14.7 Å². The van der Waals surface area contributed by atoms with Gasteiger partial charge in [0.15, 0.2) is 0 Å². The molecule has 0 fully saturated rings. The maximum Gasteiger partial charge on any atom is 0.0594 e. The van der Waals surface area contributed by atoms with Crippen molar-refractivity contribution in [2.45, 2.75) is 19.5 Å². The van der Waals surface area contributed by atoms with Crippen LogP contribution in [0.25, 0.3) is 0 Å². The first-order chi connectivity index (χ1) is 5.20. The van der Waals surface area contributed by atoms with E-state index in [1.165, 1.54) is 11.3 Å². The van der Waals surface area contributed by atoms with E-state index in [-0.39, 0.29) is 0 Å². The summed E-state index contributed by atoms with van der Waals surface area (Å²) in [6.45, 7) is 3.26. The molecule has 1 aromatic heterocycles. The standard InChI is InChI=1S/C8H13N3/c1-6-8-7(5-10(6)2)4-9-11(8)3/h4,6H,5H2,1-3H3/t6-/m1/s1. The van der Waals surface area contributed by atoms with E-state index in [4.69, 9.17) is 0 Å². The van der Waals surface area contributed by atoms with Gasteiger partial charge in [-0.3, -0.25) is 9.58 Å². The summed E-state index contributed by atoms with van der Waals surface area (Å²) in [5.74, 6) is 0. The third kappa shape index (κ3) is 0.807. The second kappa shape index (κ2) is 2.08. The van der Waals surface area contributed by atoms with Crippen molar-refractivity contribution in [2.24, 2.45) is 7.05 Å². The molecule has 1 aromatic rings. The Morgan fingerprint density at radius 3 is 2.91 bits per heavy atom. The van der Waals surface area contributed by atoms with Gasteiger partial charge in [0.1, 0.15) is 0 Å². The minimum atomic E-state index is 0.525. The molecule has 11 heavy (non-hydrogen) atoms. The Bertz CT molecular complexity index is 277. The minimum Gasteiger partial charge on any atom is -0.294 e. The van der Waals surface area contributed by atoms with Gasteiger partial charge in [-0.15, -0.1) is 0 Å². The van der Waals surface area contributed by atoms with Gasteiger partial charge in [-0.05, 0) is 14.0 Å². The molecule has 0 radical (unpaired) electrons. The summed E-state index contributed by atoms with van der Waals surface area (Å²) >= 11 is 0. The molecule has 0 spiro atoms. The number of nitrogens with zero attached hydrogens (tertiary/aromatic N) is 3. The fourth-order valence-electron chi connectivity index (χ4n) is 1.77. The van der Waals surface area contributed by atoms with Crippen LogP contribution in [0.1, 0.15) is 24.2 Å². The summed E-state index contributed by atoms with van der Waals surface area (Å²) < 4.78 is 1.98. The van der Waals surface area contributed by atoms with Crippen molar-refractivity contribution >= 4 is 0 Å². The van der Waals surface area contributed by atoms with Gasteiger partial charge in [-0.1, -0.05) is 0 Å². The molecular formula is C8H13N3. The molecule has 0 aliphatic carbocycles. The minimum absolute atomic E-state index is 0.525. The highest BCUT2D eigenvalue weighted by molar-refractivity contribution is 5.25. The van der Waals surface area contributed by atoms with Crippen LogP contribution in [0.5, 0.6) is 0 Å². The lowest BCUT2D eigenvalue weighted by atomic mass is 10.2. The van der Waals surface area contributed by atoms with E-state index in [0.29, 0.717) is 6.04 Å². The maximum absolute atomic E-state index is 4.21. The number of rotatable bonds is 0. The van der Waals surface area contributed by atoms with E-state index in [1.807, 2.05) is 17.9 Å². The third-order valence-electron chi connectivity index (χ3n) is 2.54. The highest BCUT2D eigenvalue weighted by atomic mass is 15.3. The summed E-state index contributed by atoms with van der Waals surface area (Å²) in [6, 6.07) is 0.525. The lowest BCUT2D eigenvalue weighted by molar-refractivity contribution is 0.276.